The molecule has 0 unspecified atom stereocenters. The minimum absolute atomic E-state index is 0.232. The van der Waals surface area contributed by atoms with Gasteiger partial charge in [0.25, 0.3) is 0 Å². The molecule has 0 spiro atoms. The van der Waals surface area contributed by atoms with Gasteiger partial charge in [-0.1, -0.05) is 5.79 Å². The molecule has 0 saturated carbocycles. The van der Waals surface area contributed by atoms with Gasteiger partial charge in [-0.25, -0.2) is 87.8 Å². The SMILES string of the molecule is [CH3][Al]([O]C(c1c(F)c(F)c(F)c(F)c1F)c1c(F)c(F)c(F)c(F)c1F)[O]C(c1c(F)c(F)c(F)c(F)c1F)c1c(F)c(F)c(F)c(F)c1F. The maximum Gasteiger partial charge on any atom is 0.672 e. The van der Waals surface area contributed by atoms with Crippen molar-refractivity contribution in [3.8, 4) is 0 Å². The molecule has 0 heterocycles. The van der Waals surface area contributed by atoms with Gasteiger partial charge in [-0.3, -0.25) is 0 Å². The van der Waals surface area contributed by atoms with Crippen LogP contribution in [0.5, 0.6) is 0 Å². The zero-order chi connectivity index (χ0) is 38.0. The van der Waals surface area contributed by atoms with E-state index in [9.17, 15) is 87.8 Å². The fraction of sp³-hybridized carbons (Fsp3) is 0.111. The zero-order valence-corrected chi connectivity index (χ0v) is 24.3. The molecule has 0 radical (unpaired) electrons. The number of rotatable bonds is 8. The Bertz CT molecular complexity index is 1670. The molecule has 0 aliphatic rings. The van der Waals surface area contributed by atoms with E-state index >= 15 is 0 Å². The summed E-state index contributed by atoms with van der Waals surface area (Å²) >= 11 is -5.02. The molecule has 0 N–H and O–H groups in total. The second-order valence-electron chi connectivity index (χ2n) is 9.53. The quantitative estimate of drug-likeness (QED) is 0.0770. The van der Waals surface area contributed by atoms with Gasteiger partial charge in [0.2, 0.25) is 23.3 Å². The van der Waals surface area contributed by atoms with Crippen molar-refractivity contribution in [1.29, 1.82) is 0 Å². The first-order valence-electron chi connectivity index (χ1n) is 12.5. The molecule has 0 aliphatic carbocycles. The van der Waals surface area contributed by atoms with E-state index in [1.165, 1.54) is 0 Å². The summed E-state index contributed by atoms with van der Waals surface area (Å²) in [5, 5.41) is 0. The summed E-state index contributed by atoms with van der Waals surface area (Å²) in [6, 6.07) is 0. The second kappa shape index (κ2) is 13.9. The molecule has 0 bridgehead atoms. The Morgan fingerprint density at radius 1 is 0.260 bits per heavy atom. The van der Waals surface area contributed by atoms with Crippen LogP contribution in [-0.2, 0) is 7.58 Å². The molecule has 50 heavy (non-hydrogen) atoms. The topological polar surface area (TPSA) is 18.5 Å². The summed E-state index contributed by atoms with van der Waals surface area (Å²) in [6.07, 6.45) is -7.61. The Morgan fingerprint density at radius 3 is 0.520 bits per heavy atom. The van der Waals surface area contributed by atoms with E-state index in [4.69, 9.17) is 0 Å². The van der Waals surface area contributed by atoms with Crippen LogP contribution >= 0.6 is 0 Å². The highest BCUT2D eigenvalue weighted by atomic mass is 27.2. The first-order valence-corrected chi connectivity index (χ1v) is 14.6. The van der Waals surface area contributed by atoms with E-state index in [-0.39, 0.29) is 5.79 Å². The second-order valence-corrected chi connectivity index (χ2v) is 11.2. The van der Waals surface area contributed by atoms with Crippen molar-refractivity contribution in [3.63, 3.8) is 0 Å². The lowest BCUT2D eigenvalue weighted by Crippen LogP contribution is -2.30. The summed E-state index contributed by atoms with van der Waals surface area (Å²) in [6.45, 7) is 0. The number of halogens is 20. The van der Waals surface area contributed by atoms with Crippen LogP contribution in [0.3, 0.4) is 0 Å². The smallest absolute Gasteiger partial charge is 0.469 e. The van der Waals surface area contributed by atoms with E-state index in [0.717, 1.165) is 0 Å². The summed E-state index contributed by atoms with van der Waals surface area (Å²) in [5.41, 5.74) is -10.3. The van der Waals surface area contributed by atoms with E-state index < -0.39 is 166 Å². The van der Waals surface area contributed by atoms with Crippen LogP contribution in [-0.4, -0.2) is 14.8 Å². The molecule has 2 nitrogen and oxygen atoms in total. The highest BCUT2D eigenvalue weighted by Crippen LogP contribution is 2.42. The Balaban J connectivity index is 2.04. The predicted molar refractivity (Wildman–Crippen MR) is 122 cm³/mol. The number of benzene rings is 4. The Labute approximate surface area is 267 Å². The molecule has 0 aromatic heterocycles. The van der Waals surface area contributed by atoms with Crippen LogP contribution in [0, 0.1) is 116 Å². The van der Waals surface area contributed by atoms with E-state index in [1.54, 1.807) is 0 Å². The van der Waals surface area contributed by atoms with Crippen molar-refractivity contribution in [2.45, 2.75) is 18.0 Å². The molecule has 0 atom stereocenters. The van der Waals surface area contributed by atoms with Crippen LogP contribution in [0.4, 0.5) is 87.8 Å². The van der Waals surface area contributed by atoms with Crippen molar-refractivity contribution >= 4 is 14.8 Å². The highest BCUT2D eigenvalue weighted by Gasteiger charge is 2.44. The minimum Gasteiger partial charge on any atom is -0.469 e. The van der Waals surface area contributed by atoms with E-state index in [2.05, 4.69) is 7.58 Å². The fourth-order valence-corrected chi connectivity index (χ4v) is 5.76. The van der Waals surface area contributed by atoms with Crippen molar-refractivity contribution in [2.75, 3.05) is 0 Å². The van der Waals surface area contributed by atoms with Crippen LogP contribution in [0.1, 0.15) is 34.5 Å². The molecular weight excluding hydrogens is 763 g/mol. The maximum absolute atomic E-state index is 14.8. The van der Waals surface area contributed by atoms with E-state index in [0.29, 0.717) is 0 Å². The lowest BCUT2D eigenvalue weighted by atomic mass is 9.98. The molecule has 268 valence electrons. The van der Waals surface area contributed by atoms with Crippen molar-refractivity contribution in [2.24, 2.45) is 0 Å². The largest absolute Gasteiger partial charge is 0.672 e. The van der Waals surface area contributed by atoms with Gasteiger partial charge < -0.3 is 7.58 Å². The summed E-state index contributed by atoms with van der Waals surface area (Å²) < 4.78 is 296. The average Bonchev–Trinajstić information content (AvgIpc) is 3.07. The van der Waals surface area contributed by atoms with E-state index in [1.807, 2.05) is 0 Å². The Morgan fingerprint density at radius 2 is 0.380 bits per heavy atom. The van der Waals surface area contributed by atoms with Crippen LogP contribution < -0.4 is 0 Å². The van der Waals surface area contributed by atoms with Crippen LogP contribution in [0.25, 0.3) is 0 Å². The molecule has 0 saturated heterocycles. The van der Waals surface area contributed by atoms with Gasteiger partial charge >= 0.3 is 14.8 Å². The standard InChI is InChI=1S/2C13HF10O.CH3.Al/c2*14-3-1(4(15)8(19)11(22)7(3)18)13(24)2-5(16)9(20)12(23)10(21)6(2)17;;/h2*13H;1H3;/q2*-1;;+2. The Kier molecular flexibility index (Phi) is 10.8. The third kappa shape index (κ3) is 6.02. The Hall–Kier alpha value is -4.07. The lowest BCUT2D eigenvalue weighted by Gasteiger charge is -2.28. The van der Waals surface area contributed by atoms with Gasteiger partial charge in [0.15, 0.2) is 93.1 Å². The molecule has 4 aromatic rings. The van der Waals surface area contributed by atoms with Gasteiger partial charge in [-0.15, -0.1) is 0 Å². The molecular formula is C27H5AlF20O2. The molecule has 0 aliphatic heterocycles. The van der Waals surface area contributed by atoms with Gasteiger partial charge in [-0.2, -0.15) is 0 Å². The van der Waals surface area contributed by atoms with Gasteiger partial charge in [-0.05, 0) is 0 Å². The molecule has 23 heteroatoms. The third-order valence-electron chi connectivity index (χ3n) is 6.68. The van der Waals surface area contributed by atoms with Gasteiger partial charge in [0, 0.05) is 0 Å². The third-order valence-corrected chi connectivity index (χ3v) is 7.99. The monoisotopic (exact) mass is 768 g/mol. The number of hydrogen-bond donors (Lipinski definition) is 0. The van der Waals surface area contributed by atoms with Crippen molar-refractivity contribution < 1.29 is 95.4 Å². The summed E-state index contributed by atoms with van der Waals surface area (Å²) in [4.78, 5) is 0. The number of hydrogen-bond acceptors (Lipinski definition) is 2. The lowest BCUT2D eigenvalue weighted by molar-refractivity contribution is 0.117. The first-order chi connectivity index (χ1) is 23.1. The van der Waals surface area contributed by atoms with Crippen LogP contribution in [0.15, 0.2) is 0 Å². The van der Waals surface area contributed by atoms with Crippen molar-refractivity contribution in [3.05, 3.63) is 139 Å². The average molecular weight is 768 g/mol. The van der Waals surface area contributed by atoms with Gasteiger partial charge in [0.05, 0.1) is 34.5 Å². The van der Waals surface area contributed by atoms with Gasteiger partial charge in [0.1, 0.15) is 0 Å². The molecule has 0 amide bonds. The highest BCUT2D eigenvalue weighted by molar-refractivity contribution is 6.42. The summed E-state index contributed by atoms with van der Waals surface area (Å²) in [7, 11) is 0. The summed E-state index contributed by atoms with van der Waals surface area (Å²) in [5.74, 6) is -60.1. The molecule has 4 rings (SSSR count). The fourth-order valence-electron chi connectivity index (χ4n) is 4.38. The zero-order valence-electron chi connectivity index (χ0n) is 23.1. The predicted octanol–water partition coefficient (Wildman–Crippen LogP) is 9.50. The minimum atomic E-state index is -5.02. The van der Waals surface area contributed by atoms with Crippen LogP contribution in [0.2, 0.25) is 5.79 Å². The molecule has 0 fully saturated rings. The molecule has 4 aromatic carbocycles. The first kappa shape index (κ1) is 38.7. The maximum atomic E-state index is 14.8. The van der Waals surface area contributed by atoms with Crippen molar-refractivity contribution in [1.82, 2.24) is 0 Å². The normalized spacial score (nSPS) is 11.8.